The molecule has 1 aromatic heterocycles. The summed E-state index contributed by atoms with van der Waals surface area (Å²) < 4.78 is 19.7. The van der Waals surface area contributed by atoms with Crippen LogP contribution in [0.5, 0.6) is 0 Å². The smallest absolute Gasteiger partial charge is 0.239 e. The summed E-state index contributed by atoms with van der Waals surface area (Å²) >= 11 is 2.98. The fourth-order valence-electron chi connectivity index (χ4n) is 3.62. The molecule has 0 saturated carbocycles. The third kappa shape index (κ3) is 5.63. The van der Waals surface area contributed by atoms with Crippen molar-refractivity contribution in [2.75, 3.05) is 50.0 Å². The molecule has 0 aliphatic carbocycles. The first-order chi connectivity index (χ1) is 15.0. The molecule has 2 heterocycles. The average molecular weight is 460 g/mol. The summed E-state index contributed by atoms with van der Waals surface area (Å²) in [7, 11) is 0. The van der Waals surface area contributed by atoms with Crippen LogP contribution in [0, 0.1) is 19.7 Å². The topological polar surface area (TPSA) is 45.7 Å². The Morgan fingerprint density at radius 1 is 1.23 bits per heavy atom. The van der Waals surface area contributed by atoms with Crippen LogP contribution in [0.1, 0.15) is 11.1 Å². The lowest BCUT2D eigenvalue weighted by atomic mass is 10.1. The van der Waals surface area contributed by atoms with Crippen molar-refractivity contribution in [2.24, 2.45) is 0 Å². The second kappa shape index (κ2) is 10.1. The fourth-order valence-corrected chi connectivity index (χ4v) is 5.58. The van der Waals surface area contributed by atoms with E-state index in [-0.39, 0.29) is 17.5 Å². The molecule has 1 amide bonds. The van der Waals surface area contributed by atoms with Gasteiger partial charge in [-0.15, -0.1) is 11.8 Å². The van der Waals surface area contributed by atoms with E-state index in [0.29, 0.717) is 6.54 Å². The predicted molar refractivity (Wildman–Crippen MR) is 126 cm³/mol. The van der Waals surface area contributed by atoms with Gasteiger partial charge in [0.15, 0.2) is 5.13 Å². The molecule has 5 nitrogen and oxygen atoms in total. The molecule has 31 heavy (non-hydrogen) atoms. The van der Waals surface area contributed by atoms with E-state index in [2.05, 4.69) is 30.9 Å². The maximum atomic E-state index is 13.2. The van der Waals surface area contributed by atoms with Crippen LogP contribution >= 0.6 is 23.1 Å². The summed E-state index contributed by atoms with van der Waals surface area (Å²) in [6.07, 6.45) is 0. The van der Waals surface area contributed by atoms with Crippen LogP contribution in [0.25, 0.3) is 10.2 Å². The molecular weight excluding hydrogens is 433 g/mol. The van der Waals surface area contributed by atoms with Crippen molar-refractivity contribution < 1.29 is 13.9 Å². The van der Waals surface area contributed by atoms with Crippen LogP contribution in [0.3, 0.4) is 0 Å². The minimum atomic E-state index is -0.275. The third-order valence-electron chi connectivity index (χ3n) is 5.27. The summed E-state index contributed by atoms with van der Waals surface area (Å²) in [5.74, 6) is 0.0156. The Hall–Kier alpha value is -2.00. The highest BCUT2D eigenvalue weighted by Crippen LogP contribution is 2.32. The Bertz CT molecular complexity index is 1050. The zero-order valence-corrected chi connectivity index (χ0v) is 19.4. The minimum Gasteiger partial charge on any atom is -0.379 e. The molecule has 0 N–H and O–H groups in total. The van der Waals surface area contributed by atoms with Gasteiger partial charge in [0.1, 0.15) is 5.82 Å². The predicted octanol–water partition coefficient (Wildman–Crippen LogP) is 4.51. The van der Waals surface area contributed by atoms with E-state index >= 15 is 0 Å². The van der Waals surface area contributed by atoms with E-state index in [9.17, 15) is 9.18 Å². The summed E-state index contributed by atoms with van der Waals surface area (Å²) in [6, 6.07) is 10.5. The Kier molecular flexibility index (Phi) is 7.22. The molecule has 3 aromatic rings. The van der Waals surface area contributed by atoms with Crippen molar-refractivity contribution in [1.29, 1.82) is 0 Å². The van der Waals surface area contributed by atoms with Crippen LogP contribution in [0.15, 0.2) is 41.3 Å². The van der Waals surface area contributed by atoms with E-state index in [1.165, 1.54) is 29.5 Å². The molecule has 1 aliphatic heterocycles. The first kappa shape index (κ1) is 22.2. The van der Waals surface area contributed by atoms with Gasteiger partial charge in [-0.2, -0.15) is 0 Å². The number of thioether (sulfide) groups is 1. The molecule has 0 spiro atoms. The Morgan fingerprint density at radius 3 is 2.71 bits per heavy atom. The summed E-state index contributed by atoms with van der Waals surface area (Å²) in [5, 5.41) is 0.738. The summed E-state index contributed by atoms with van der Waals surface area (Å²) in [5.41, 5.74) is 3.28. The van der Waals surface area contributed by atoms with Gasteiger partial charge < -0.3 is 4.74 Å². The van der Waals surface area contributed by atoms with E-state index in [1.807, 2.05) is 4.90 Å². The molecule has 0 bridgehead atoms. The van der Waals surface area contributed by atoms with Crippen LogP contribution in [-0.2, 0) is 9.53 Å². The lowest BCUT2D eigenvalue weighted by Gasteiger charge is -2.29. The molecule has 1 saturated heterocycles. The lowest BCUT2D eigenvalue weighted by Crippen LogP contribution is -2.43. The van der Waals surface area contributed by atoms with Crippen molar-refractivity contribution >= 4 is 44.4 Å². The SMILES string of the molecule is Cc1cc(C)c2nc(N(CCN3CCOCC3)C(=O)CSc3ccc(F)cc3)sc2c1. The van der Waals surface area contributed by atoms with E-state index in [4.69, 9.17) is 9.72 Å². The van der Waals surface area contributed by atoms with Gasteiger partial charge in [0, 0.05) is 31.1 Å². The zero-order chi connectivity index (χ0) is 21.8. The maximum absolute atomic E-state index is 13.2. The largest absolute Gasteiger partial charge is 0.379 e. The first-order valence-corrected chi connectivity index (χ1v) is 12.2. The van der Waals surface area contributed by atoms with Crippen LogP contribution in [-0.4, -0.2) is 60.9 Å². The normalized spacial score (nSPS) is 14.8. The van der Waals surface area contributed by atoms with Crippen molar-refractivity contribution in [1.82, 2.24) is 9.88 Å². The number of morpholine rings is 1. The molecule has 1 fully saturated rings. The number of anilines is 1. The van der Waals surface area contributed by atoms with E-state index in [0.717, 1.165) is 58.7 Å². The molecule has 2 aromatic carbocycles. The van der Waals surface area contributed by atoms with E-state index < -0.39 is 0 Å². The summed E-state index contributed by atoms with van der Waals surface area (Å²) in [6.45, 7) is 8.72. The number of halogens is 1. The number of thiazole rings is 1. The second-order valence-corrected chi connectivity index (χ2v) is 9.72. The van der Waals surface area contributed by atoms with Crippen molar-refractivity contribution in [2.45, 2.75) is 18.7 Å². The minimum absolute atomic E-state index is 0.0102. The number of carbonyl (C=O) groups excluding carboxylic acids is 1. The molecule has 164 valence electrons. The number of rotatable bonds is 7. The van der Waals surface area contributed by atoms with Crippen molar-refractivity contribution in [3.05, 3.63) is 53.3 Å². The number of amides is 1. The quantitative estimate of drug-likeness (QED) is 0.487. The number of aryl methyl sites for hydroxylation is 2. The Balaban J connectivity index is 1.53. The van der Waals surface area contributed by atoms with Gasteiger partial charge in [0.05, 0.1) is 29.2 Å². The number of hydrogen-bond donors (Lipinski definition) is 0. The van der Waals surface area contributed by atoms with Crippen molar-refractivity contribution in [3.8, 4) is 0 Å². The highest BCUT2D eigenvalue weighted by Gasteiger charge is 2.22. The number of benzene rings is 2. The second-order valence-electron chi connectivity index (χ2n) is 7.67. The number of nitrogens with zero attached hydrogens (tertiary/aromatic N) is 3. The van der Waals surface area contributed by atoms with Gasteiger partial charge in [-0.25, -0.2) is 9.37 Å². The number of aromatic nitrogens is 1. The Labute approximate surface area is 190 Å². The zero-order valence-electron chi connectivity index (χ0n) is 17.8. The molecule has 0 unspecified atom stereocenters. The molecular formula is C23H26FN3O2S2. The van der Waals surface area contributed by atoms with Gasteiger partial charge >= 0.3 is 0 Å². The molecule has 4 rings (SSSR count). The number of carbonyl (C=O) groups is 1. The van der Waals surface area contributed by atoms with Gasteiger partial charge in [-0.3, -0.25) is 14.6 Å². The standard InChI is InChI=1S/C23H26FN3O2S2/c1-16-13-17(2)22-20(14-16)31-23(25-22)27(8-7-26-9-11-29-12-10-26)21(28)15-30-19-5-3-18(24)4-6-19/h3-6,13-14H,7-12,15H2,1-2H3. The molecule has 1 aliphatic rings. The lowest BCUT2D eigenvalue weighted by molar-refractivity contribution is -0.116. The molecule has 0 radical (unpaired) electrons. The van der Waals surface area contributed by atoms with Crippen LogP contribution < -0.4 is 4.90 Å². The molecule has 0 atom stereocenters. The maximum Gasteiger partial charge on any atom is 0.239 e. The van der Waals surface area contributed by atoms with E-state index in [1.54, 1.807) is 23.5 Å². The average Bonchev–Trinajstić information content (AvgIpc) is 3.18. The first-order valence-electron chi connectivity index (χ1n) is 10.4. The monoisotopic (exact) mass is 459 g/mol. The number of ether oxygens (including phenoxy) is 1. The van der Waals surface area contributed by atoms with Gasteiger partial charge in [-0.05, 0) is 55.3 Å². The highest BCUT2D eigenvalue weighted by atomic mass is 32.2. The summed E-state index contributed by atoms with van der Waals surface area (Å²) in [4.78, 5) is 23.1. The van der Waals surface area contributed by atoms with Gasteiger partial charge in [0.25, 0.3) is 0 Å². The number of fused-ring (bicyclic) bond motifs is 1. The fraction of sp³-hybridized carbons (Fsp3) is 0.391. The van der Waals surface area contributed by atoms with Gasteiger partial charge in [-0.1, -0.05) is 17.4 Å². The number of hydrogen-bond acceptors (Lipinski definition) is 6. The van der Waals surface area contributed by atoms with Crippen molar-refractivity contribution in [3.63, 3.8) is 0 Å². The molecule has 8 heteroatoms. The van der Waals surface area contributed by atoms with Crippen LogP contribution in [0.4, 0.5) is 9.52 Å². The Morgan fingerprint density at radius 2 is 1.97 bits per heavy atom. The van der Waals surface area contributed by atoms with Gasteiger partial charge in [0.2, 0.25) is 5.91 Å². The highest BCUT2D eigenvalue weighted by molar-refractivity contribution is 8.00. The van der Waals surface area contributed by atoms with Crippen LogP contribution in [0.2, 0.25) is 0 Å². The third-order valence-corrected chi connectivity index (χ3v) is 7.29.